The van der Waals surface area contributed by atoms with Gasteiger partial charge in [0.2, 0.25) is 11.8 Å². The lowest BCUT2D eigenvalue weighted by Crippen LogP contribution is -2.24. The van der Waals surface area contributed by atoms with Gasteiger partial charge in [0.25, 0.3) is 0 Å². The number of anilines is 2. The maximum atomic E-state index is 12.1. The molecular weight excluding hydrogens is 260 g/mol. The van der Waals surface area contributed by atoms with Gasteiger partial charge in [0.05, 0.1) is 13.0 Å². The number of carbonyl (C=O) groups excluding carboxylic acids is 1. The highest BCUT2D eigenvalue weighted by molar-refractivity contribution is 5.96. The monoisotopic (exact) mass is 274 g/mol. The molecule has 7 nitrogen and oxygen atoms in total. The van der Waals surface area contributed by atoms with E-state index in [0.29, 0.717) is 18.9 Å². The van der Waals surface area contributed by atoms with Gasteiger partial charge >= 0.3 is 6.01 Å². The maximum absolute atomic E-state index is 12.1. The Morgan fingerprint density at radius 2 is 2.10 bits per heavy atom. The first-order chi connectivity index (χ1) is 9.67. The predicted molar refractivity (Wildman–Crippen MR) is 71.4 cm³/mol. The van der Waals surface area contributed by atoms with E-state index >= 15 is 0 Å². The van der Waals surface area contributed by atoms with Crippen LogP contribution in [0, 0.1) is 0 Å². The molecule has 7 heteroatoms. The summed E-state index contributed by atoms with van der Waals surface area (Å²) >= 11 is 0. The quantitative estimate of drug-likeness (QED) is 0.903. The Balaban J connectivity index is 1.79. The van der Waals surface area contributed by atoms with Gasteiger partial charge in [-0.25, -0.2) is 0 Å². The lowest BCUT2D eigenvalue weighted by Gasteiger charge is -2.16. The van der Waals surface area contributed by atoms with Crippen LogP contribution >= 0.6 is 0 Å². The van der Waals surface area contributed by atoms with Crippen LogP contribution in [-0.2, 0) is 4.79 Å². The number of amides is 1. The normalized spacial score (nSPS) is 18.6. The minimum Gasteiger partial charge on any atom is -0.497 e. The number of nitrogen functional groups attached to an aromatic ring is 1. The molecule has 1 amide bonds. The summed E-state index contributed by atoms with van der Waals surface area (Å²) in [5.74, 6) is 1.07. The van der Waals surface area contributed by atoms with Gasteiger partial charge in [-0.1, -0.05) is 5.10 Å². The van der Waals surface area contributed by atoms with Gasteiger partial charge in [0.1, 0.15) is 5.75 Å². The van der Waals surface area contributed by atoms with Crippen molar-refractivity contribution in [3.8, 4) is 5.75 Å². The van der Waals surface area contributed by atoms with Crippen LogP contribution in [0.25, 0.3) is 0 Å². The van der Waals surface area contributed by atoms with Crippen LogP contribution in [0.3, 0.4) is 0 Å². The standard InChI is InChI=1S/C13H14N4O3/c1-19-10-4-2-9(3-5-10)17-7-8(6-11(17)18)12-15-16-13(14)20-12/h2-5,8H,6-7H2,1H3,(H2,14,16). The molecule has 0 radical (unpaired) electrons. The van der Waals surface area contributed by atoms with Crippen LogP contribution in [0.2, 0.25) is 0 Å². The SMILES string of the molecule is COc1ccc(N2CC(c3nnc(N)o3)CC2=O)cc1. The van der Waals surface area contributed by atoms with Crippen LogP contribution < -0.4 is 15.4 Å². The Hall–Kier alpha value is -2.57. The molecule has 1 aliphatic heterocycles. The highest BCUT2D eigenvalue weighted by Crippen LogP contribution is 2.32. The Labute approximate surface area is 115 Å². The third kappa shape index (κ3) is 2.18. The fraction of sp³-hybridized carbons (Fsp3) is 0.308. The van der Waals surface area contributed by atoms with E-state index in [9.17, 15) is 4.79 Å². The summed E-state index contributed by atoms with van der Waals surface area (Å²) in [6, 6.07) is 7.36. The molecule has 3 rings (SSSR count). The third-order valence-corrected chi connectivity index (χ3v) is 3.31. The van der Waals surface area contributed by atoms with Gasteiger partial charge in [-0.05, 0) is 24.3 Å². The van der Waals surface area contributed by atoms with Crippen LogP contribution in [0.15, 0.2) is 28.7 Å². The first-order valence-electron chi connectivity index (χ1n) is 6.20. The largest absolute Gasteiger partial charge is 0.497 e. The lowest BCUT2D eigenvalue weighted by molar-refractivity contribution is -0.117. The van der Waals surface area contributed by atoms with Gasteiger partial charge in [0.15, 0.2) is 0 Å². The van der Waals surface area contributed by atoms with E-state index in [1.807, 2.05) is 24.3 Å². The van der Waals surface area contributed by atoms with Crippen LogP contribution in [0.5, 0.6) is 5.75 Å². The first kappa shape index (κ1) is 12.5. The van der Waals surface area contributed by atoms with E-state index in [0.717, 1.165) is 11.4 Å². The Morgan fingerprint density at radius 3 is 2.70 bits per heavy atom. The average Bonchev–Trinajstić information content (AvgIpc) is 3.05. The molecule has 0 spiro atoms. The summed E-state index contributed by atoms with van der Waals surface area (Å²) in [5.41, 5.74) is 6.23. The van der Waals surface area contributed by atoms with Gasteiger partial charge in [-0.2, -0.15) is 0 Å². The maximum Gasteiger partial charge on any atom is 0.312 e. The number of nitrogens with two attached hydrogens (primary N) is 1. The molecule has 0 aliphatic carbocycles. The molecule has 0 bridgehead atoms. The highest BCUT2D eigenvalue weighted by Gasteiger charge is 2.34. The molecule has 2 aromatic rings. The zero-order valence-electron chi connectivity index (χ0n) is 10.9. The zero-order chi connectivity index (χ0) is 14.1. The average molecular weight is 274 g/mol. The van der Waals surface area contributed by atoms with Crippen molar-refractivity contribution >= 4 is 17.6 Å². The molecular formula is C13H14N4O3. The fourth-order valence-electron chi connectivity index (χ4n) is 2.30. The van der Waals surface area contributed by atoms with Crippen molar-refractivity contribution in [3.05, 3.63) is 30.2 Å². The molecule has 1 aliphatic rings. The van der Waals surface area contributed by atoms with Crippen LogP contribution in [-0.4, -0.2) is 29.8 Å². The van der Waals surface area contributed by atoms with Crippen molar-refractivity contribution in [2.45, 2.75) is 12.3 Å². The Morgan fingerprint density at radius 1 is 1.35 bits per heavy atom. The molecule has 0 saturated carbocycles. The topological polar surface area (TPSA) is 94.5 Å². The van der Waals surface area contributed by atoms with Crippen molar-refractivity contribution in [1.29, 1.82) is 0 Å². The van der Waals surface area contributed by atoms with Crippen LogP contribution in [0.1, 0.15) is 18.2 Å². The smallest absolute Gasteiger partial charge is 0.312 e. The number of carbonyl (C=O) groups is 1. The Bertz CT molecular complexity index is 623. The predicted octanol–water partition coefficient (Wildman–Crippen LogP) is 1.18. The second-order valence-corrected chi connectivity index (χ2v) is 4.58. The third-order valence-electron chi connectivity index (χ3n) is 3.31. The number of hydrogen-bond donors (Lipinski definition) is 1. The van der Waals surface area contributed by atoms with Crippen molar-refractivity contribution < 1.29 is 13.9 Å². The molecule has 20 heavy (non-hydrogen) atoms. The second-order valence-electron chi connectivity index (χ2n) is 4.58. The summed E-state index contributed by atoms with van der Waals surface area (Å²) in [4.78, 5) is 13.8. The van der Waals surface area contributed by atoms with E-state index in [1.54, 1.807) is 12.0 Å². The molecule has 1 fully saturated rings. The minimum absolute atomic E-state index is 0.0235. The molecule has 1 aromatic heterocycles. The van der Waals surface area contributed by atoms with E-state index in [-0.39, 0.29) is 17.8 Å². The minimum atomic E-state index is -0.116. The number of ether oxygens (including phenoxy) is 1. The van der Waals surface area contributed by atoms with Crippen molar-refractivity contribution in [3.63, 3.8) is 0 Å². The summed E-state index contributed by atoms with van der Waals surface area (Å²) in [7, 11) is 1.60. The Kier molecular flexibility index (Phi) is 3.02. The molecule has 2 N–H and O–H groups in total. The first-order valence-corrected chi connectivity index (χ1v) is 6.20. The van der Waals surface area contributed by atoms with Crippen molar-refractivity contribution in [2.75, 3.05) is 24.3 Å². The highest BCUT2D eigenvalue weighted by atomic mass is 16.5. The molecule has 1 aromatic carbocycles. The second kappa shape index (κ2) is 4.84. The molecule has 1 atom stereocenters. The van der Waals surface area contributed by atoms with E-state index < -0.39 is 0 Å². The number of methoxy groups -OCH3 is 1. The van der Waals surface area contributed by atoms with Crippen molar-refractivity contribution in [2.24, 2.45) is 0 Å². The number of rotatable bonds is 3. The van der Waals surface area contributed by atoms with Crippen molar-refractivity contribution in [1.82, 2.24) is 10.2 Å². The number of aromatic nitrogens is 2. The van der Waals surface area contributed by atoms with E-state index in [1.165, 1.54) is 0 Å². The van der Waals surface area contributed by atoms with E-state index in [4.69, 9.17) is 14.9 Å². The van der Waals surface area contributed by atoms with Gasteiger partial charge in [0, 0.05) is 18.7 Å². The molecule has 2 heterocycles. The molecule has 1 saturated heterocycles. The summed E-state index contributed by atoms with van der Waals surface area (Å²) in [5, 5.41) is 7.47. The zero-order valence-corrected chi connectivity index (χ0v) is 10.9. The number of hydrogen-bond acceptors (Lipinski definition) is 6. The summed E-state index contributed by atoms with van der Waals surface area (Å²) < 4.78 is 10.3. The lowest BCUT2D eigenvalue weighted by atomic mass is 10.1. The number of benzene rings is 1. The van der Waals surface area contributed by atoms with E-state index in [2.05, 4.69) is 10.2 Å². The van der Waals surface area contributed by atoms with Crippen LogP contribution in [0.4, 0.5) is 11.7 Å². The molecule has 1 unspecified atom stereocenters. The van der Waals surface area contributed by atoms with Gasteiger partial charge in [-0.3, -0.25) is 4.79 Å². The number of nitrogens with zero attached hydrogens (tertiary/aromatic N) is 3. The molecule has 104 valence electrons. The summed E-state index contributed by atoms with van der Waals surface area (Å²) in [6.45, 7) is 0.507. The fourth-order valence-corrected chi connectivity index (χ4v) is 2.30. The van der Waals surface area contributed by atoms with Gasteiger partial charge in [-0.15, -0.1) is 5.10 Å². The van der Waals surface area contributed by atoms with Gasteiger partial charge < -0.3 is 19.8 Å². The summed E-state index contributed by atoms with van der Waals surface area (Å²) in [6.07, 6.45) is 0.341.